The van der Waals surface area contributed by atoms with Crippen molar-refractivity contribution in [3.8, 4) is 0 Å². The van der Waals surface area contributed by atoms with Gasteiger partial charge in [-0.3, -0.25) is 4.18 Å². The second-order valence-corrected chi connectivity index (χ2v) is 7.98. The highest BCUT2D eigenvalue weighted by Crippen LogP contribution is 2.27. The molecule has 0 bridgehead atoms. The Morgan fingerprint density at radius 2 is 2.05 bits per heavy atom. The third kappa shape index (κ3) is 5.05. The van der Waals surface area contributed by atoms with Crippen LogP contribution in [0.15, 0.2) is 4.52 Å². The molecular weight excluding hydrogens is 302 g/mol. The molecule has 0 saturated carbocycles. The molecule has 0 radical (unpaired) electrons. The van der Waals surface area contributed by atoms with Gasteiger partial charge in [0.2, 0.25) is 5.89 Å². The van der Waals surface area contributed by atoms with Gasteiger partial charge in [-0.05, 0) is 36.8 Å². The summed E-state index contributed by atoms with van der Waals surface area (Å²) in [5.74, 6) is 2.11. The smallest absolute Gasteiger partial charge is 0.266 e. The van der Waals surface area contributed by atoms with Crippen molar-refractivity contribution >= 4 is 17.0 Å². The number of aromatic nitrogens is 2. The van der Waals surface area contributed by atoms with Crippen LogP contribution in [0, 0.1) is 5.92 Å². The van der Waals surface area contributed by atoms with Crippen molar-refractivity contribution in [3.63, 3.8) is 0 Å². The van der Waals surface area contributed by atoms with E-state index < -0.39 is 11.1 Å². The summed E-state index contributed by atoms with van der Waals surface area (Å²) in [5, 5.41) is 4.11. The Kier molecular flexibility index (Phi) is 5.97. The molecule has 0 N–H and O–H groups in total. The maximum atomic E-state index is 10.8. The molecule has 1 saturated heterocycles. The van der Waals surface area contributed by atoms with Crippen LogP contribution in [0.5, 0.6) is 0 Å². The van der Waals surface area contributed by atoms with E-state index in [1.165, 1.54) is 0 Å². The van der Waals surface area contributed by atoms with E-state index in [0.717, 1.165) is 38.8 Å². The van der Waals surface area contributed by atoms with Crippen LogP contribution in [0.25, 0.3) is 0 Å². The molecule has 1 aliphatic rings. The molecule has 0 aromatic carbocycles. The summed E-state index contributed by atoms with van der Waals surface area (Å²) in [5.41, 5.74) is -0.108. The Morgan fingerprint density at radius 1 is 1.36 bits per heavy atom. The van der Waals surface area contributed by atoms with Gasteiger partial charge in [0.25, 0.3) is 5.95 Å². The van der Waals surface area contributed by atoms with Gasteiger partial charge in [-0.2, -0.15) is 4.98 Å². The lowest BCUT2D eigenvalue weighted by molar-refractivity contribution is 0.297. The molecule has 1 aromatic heterocycles. The maximum absolute atomic E-state index is 10.8. The maximum Gasteiger partial charge on any atom is 0.266 e. The minimum absolute atomic E-state index is 0.108. The van der Waals surface area contributed by atoms with Crippen LogP contribution in [-0.4, -0.2) is 40.3 Å². The summed E-state index contributed by atoms with van der Waals surface area (Å²) in [4.78, 5) is 6.72. The Bertz CT molecular complexity index is 490. The number of piperidine rings is 1. The van der Waals surface area contributed by atoms with Crippen molar-refractivity contribution in [1.82, 2.24) is 10.1 Å². The standard InChI is InChI=1S/C15H27N3O3S/c1-15(2,3)13-16-14(17-21-13)18-9-7-12(8-10-18)6-5-11-20-22(4)19/h12H,5-11H2,1-4H3. The fourth-order valence-electron chi connectivity index (χ4n) is 2.62. The first-order valence-electron chi connectivity index (χ1n) is 7.92. The van der Waals surface area contributed by atoms with Gasteiger partial charge in [-0.1, -0.05) is 20.8 Å². The Morgan fingerprint density at radius 3 is 2.59 bits per heavy atom. The highest BCUT2D eigenvalue weighted by atomic mass is 32.2. The first-order valence-corrected chi connectivity index (χ1v) is 9.40. The van der Waals surface area contributed by atoms with Gasteiger partial charge >= 0.3 is 0 Å². The normalized spacial score (nSPS) is 18.6. The van der Waals surface area contributed by atoms with Crippen LogP contribution in [0.4, 0.5) is 5.95 Å². The Hall–Kier alpha value is -0.950. The van der Waals surface area contributed by atoms with Gasteiger partial charge in [0, 0.05) is 24.8 Å². The molecule has 0 spiro atoms. The summed E-state index contributed by atoms with van der Waals surface area (Å²) >= 11 is -1.14. The van der Waals surface area contributed by atoms with Crippen molar-refractivity contribution in [2.45, 2.75) is 51.9 Å². The van der Waals surface area contributed by atoms with Gasteiger partial charge in [0.1, 0.15) is 0 Å². The molecule has 1 aliphatic heterocycles. The molecule has 7 heteroatoms. The average Bonchev–Trinajstić information content (AvgIpc) is 2.94. The predicted octanol–water partition coefficient (Wildman–Crippen LogP) is 2.67. The minimum atomic E-state index is -1.14. The van der Waals surface area contributed by atoms with E-state index in [9.17, 15) is 4.21 Å². The molecule has 1 aromatic rings. The Labute approximate surface area is 135 Å². The fraction of sp³-hybridized carbons (Fsp3) is 0.867. The van der Waals surface area contributed by atoms with Crippen LogP contribution in [0.1, 0.15) is 52.3 Å². The largest absolute Gasteiger partial charge is 0.338 e. The van der Waals surface area contributed by atoms with Crippen LogP contribution in [0.2, 0.25) is 0 Å². The van der Waals surface area contributed by atoms with Gasteiger partial charge in [0.05, 0.1) is 6.61 Å². The van der Waals surface area contributed by atoms with Gasteiger partial charge in [-0.15, -0.1) is 0 Å². The van der Waals surface area contributed by atoms with Crippen molar-refractivity contribution in [2.24, 2.45) is 5.92 Å². The SMILES string of the molecule is CS(=O)OCCCC1CCN(c2noc(C(C)(C)C)n2)CC1. The first kappa shape index (κ1) is 17.4. The van der Waals surface area contributed by atoms with E-state index in [2.05, 4.69) is 35.8 Å². The van der Waals surface area contributed by atoms with Crippen LogP contribution in [0.3, 0.4) is 0 Å². The summed E-state index contributed by atoms with van der Waals surface area (Å²) < 4.78 is 21.3. The molecule has 1 unspecified atom stereocenters. The number of anilines is 1. The van der Waals surface area contributed by atoms with Gasteiger partial charge in [0.15, 0.2) is 11.1 Å². The molecule has 2 rings (SSSR count). The summed E-state index contributed by atoms with van der Waals surface area (Å²) in [6.07, 6.45) is 5.93. The number of hydrogen-bond donors (Lipinski definition) is 0. The quantitative estimate of drug-likeness (QED) is 0.748. The first-order chi connectivity index (χ1) is 10.4. The number of hydrogen-bond acceptors (Lipinski definition) is 6. The van der Waals surface area contributed by atoms with E-state index in [0.29, 0.717) is 24.4 Å². The van der Waals surface area contributed by atoms with Crippen LogP contribution in [-0.2, 0) is 20.7 Å². The van der Waals surface area contributed by atoms with Crippen molar-refractivity contribution < 1.29 is 12.9 Å². The van der Waals surface area contributed by atoms with E-state index in [4.69, 9.17) is 8.71 Å². The zero-order chi connectivity index (χ0) is 16.2. The van der Waals surface area contributed by atoms with Gasteiger partial charge < -0.3 is 9.42 Å². The third-order valence-electron chi connectivity index (χ3n) is 3.96. The highest BCUT2D eigenvalue weighted by Gasteiger charge is 2.26. The molecular formula is C15H27N3O3S. The minimum Gasteiger partial charge on any atom is -0.338 e. The second kappa shape index (κ2) is 7.55. The van der Waals surface area contributed by atoms with E-state index >= 15 is 0 Å². The average molecular weight is 329 g/mol. The monoisotopic (exact) mass is 329 g/mol. The molecule has 0 amide bonds. The third-order valence-corrected chi connectivity index (χ3v) is 4.46. The summed E-state index contributed by atoms with van der Waals surface area (Å²) in [6, 6.07) is 0. The lowest BCUT2D eigenvalue weighted by atomic mass is 9.92. The Balaban J connectivity index is 1.75. The number of rotatable bonds is 6. The zero-order valence-electron chi connectivity index (χ0n) is 14.0. The molecule has 0 aliphatic carbocycles. The molecule has 126 valence electrons. The molecule has 2 heterocycles. The number of nitrogens with zero attached hydrogens (tertiary/aromatic N) is 3. The van der Waals surface area contributed by atoms with Crippen LogP contribution < -0.4 is 4.90 Å². The van der Waals surface area contributed by atoms with Crippen molar-refractivity contribution in [2.75, 3.05) is 30.9 Å². The highest BCUT2D eigenvalue weighted by molar-refractivity contribution is 7.79. The lowest BCUT2D eigenvalue weighted by Gasteiger charge is -2.30. The molecule has 1 atom stereocenters. The van der Waals surface area contributed by atoms with Gasteiger partial charge in [-0.25, -0.2) is 4.21 Å². The van der Waals surface area contributed by atoms with Crippen molar-refractivity contribution in [3.05, 3.63) is 5.89 Å². The molecule has 1 fully saturated rings. The van der Waals surface area contributed by atoms with E-state index in [-0.39, 0.29) is 5.41 Å². The van der Waals surface area contributed by atoms with Crippen LogP contribution >= 0.6 is 0 Å². The second-order valence-electron chi connectivity index (χ2n) is 6.95. The van der Waals surface area contributed by atoms with Crippen molar-refractivity contribution in [1.29, 1.82) is 0 Å². The fourth-order valence-corrected chi connectivity index (χ4v) is 2.97. The topological polar surface area (TPSA) is 68.5 Å². The lowest BCUT2D eigenvalue weighted by Crippen LogP contribution is -2.34. The molecule has 6 nitrogen and oxygen atoms in total. The van der Waals surface area contributed by atoms with E-state index in [1.807, 2.05) is 0 Å². The predicted molar refractivity (Wildman–Crippen MR) is 87.2 cm³/mol. The summed E-state index contributed by atoms with van der Waals surface area (Å²) in [7, 11) is 0. The summed E-state index contributed by atoms with van der Waals surface area (Å²) in [6.45, 7) is 8.73. The zero-order valence-corrected chi connectivity index (χ0v) is 14.8. The molecule has 22 heavy (non-hydrogen) atoms. The van der Waals surface area contributed by atoms with E-state index in [1.54, 1.807) is 6.26 Å².